The zero-order chi connectivity index (χ0) is 18.7. The van der Waals surface area contributed by atoms with Crippen LogP contribution in [0.4, 0.5) is 11.4 Å². The third-order valence-corrected chi connectivity index (χ3v) is 4.21. The number of amides is 2. The lowest BCUT2D eigenvalue weighted by molar-refractivity contribution is -0.118. The Labute approximate surface area is 153 Å². The zero-order valence-electron chi connectivity index (χ0n) is 15.0. The fraction of sp³-hybridized carbons (Fsp3) is 0.238. The summed E-state index contributed by atoms with van der Waals surface area (Å²) in [5.74, 6) is 0.460. The minimum absolute atomic E-state index is 0.00236. The van der Waals surface area contributed by atoms with Gasteiger partial charge in [0, 0.05) is 5.69 Å². The van der Waals surface area contributed by atoms with Crippen LogP contribution in [0.15, 0.2) is 55.1 Å². The lowest BCUT2D eigenvalue weighted by atomic mass is 10.1. The molecule has 1 N–H and O–H groups in total. The highest BCUT2D eigenvalue weighted by molar-refractivity contribution is 5.99. The Kier molecular flexibility index (Phi) is 5.07. The van der Waals surface area contributed by atoms with E-state index in [1.165, 1.54) is 6.08 Å². The summed E-state index contributed by atoms with van der Waals surface area (Å²) in [6.45, 7) is 7.91. The molecule has 0 aliphatic carbocycles. The summed E-state index contributed by atoms with van der Waals surface area (Å²) >= 11 is 0. The largest absolute Gasteiger partial charge is 0.487 e. The summed E-state index contributed by atoms with van der Waals surface area (Å²) in [7, 11) is 0. The lowest BCUT2D eigenvalue weighted by Crippen LogP contribution is -2.43. The second-order valence-electron chi connectivity index (χ2n) is 6.47. The van der Waals surface area contributed by atoms with Crippen molar-refractivity contribution in [3.05, 3.63) is 66.2 Å². The summed E-state index contributed by atoms with van der Waals surface area (Å²) < 4.78 is 5.87. The Hall–Kier alpha value is -3.08. The molecule has 0 spiro atoms. The average molecular weight is 350 g/mol. The van der Waals surface area contributed by atoms with Crippen LogP contribution in [0.1, 0.15) is 18.1 Å². The molecule has 1 heterocycles. The van der Waals surface area contributed by atoms with E-state index in [0.717, 1.165) is 22.6 Å². The van der Waals surface area contributed by atoms with Crippen LogP contribution in [0, 0.1) is 6.92 Å². The van der Waals surface area contributed by atoms with Gasteiger partial charge < -0.3 is 15.0 Å². The van der Waals surface area contributed by atoms with Crippen LogP contribution in [0.25, 0.3) is 0 Å². The first-order valence-corrected chi connectivity index (χ1v) is 8.56. The van der Waals surface area contributed by atoms with Gasteiger partial charge in [-0.1, -0.05) is 24.8 Å². The number of hydrogen-bond acceptors (Lipinski definition) is 3. The van der Waals surface area contributed by atoms with Gasteiger partial charge >= 0.3 is 0 Å². The number of rotatable bonds is 4. The molecule has 1 atom stereocenters. The number of hydrogen-bond donors (Lipinski definition) is 1. The number of benzene rings is 2. The van der Waals surface area contributed by atoms with E-state index in [2.05, 4.69) is 11.9 Å². The van der Waals surface area contributed by atoms with Gasteiger partial charge in [0.05, 0.1) is 18.7 Å². The van der Waals surface area contributed by atoms with Crippen molar-refractivity contribution < 1.29 is 14.3 Å². The highest BCUT2D eigenvalue weighted by Gasteiger charge is 2.27. The summed E-state index contributed by atoms with van der Waals surface area (Å²) in [5, 5.41) is 2.71. The molecule has 3 rings (SSSR count). The van der Waals surface area contributed by atoms with Crippen molar-refractivity contribution in [1.82, 2.24) is 0 Å². The Morgan fingerprint density at radius 2 is 2.12 bits per heavy atom. The minimum atomic E-state index is -0.278. The number of aryl methyl sites for hydroxylation is 1. The maximum Gasteiger partial charge on any atom is 0.247 e. The Bertz CT molecular complexity index is 860. The Morgan fingerprint density at radius 1 is 1.31 bits per heavy atom. The summed E-state index contributed by atoms with van der Waals surface area (Å²) in [4.78, 5) is 26.1. The van der Waals surface area contributed by atoms with Crippen LogP contribution in [-0.2, 0) is 16.0 Å². The molecule has 26 heavy (non-hydrogen) atoms. The van der Waals surface area contributed by atoms with Crippen LogP contribution in [0.3, 0.4) is 0 Å². The second kappa shape index (κ2) is 7.44. The van der Waals surface area contributed by atoms with E-state index in [-0.39, 0.29) is 24.3 Å². The van der Waals surface area contributed by atoms with Gasteiger partial charge in [-0.15, -0.1) is 0 Å². The van der Waals surface area contributed by atoms with Gasteiger partial charge in [-0.2, -0.15) is 0 Å². The number of carbonyl (C=O) groups is 2. The first-order valence-electron chi connectivity index (χ1n) is 8.56. The fourth-order valence-electron chi connectivity index (χ4n) is 3.01. The molecule has 0 aromatic heterocycles. The molecule has 0 radical (unpaired) electrons. The van der Waals surface area contributed by atoms with Crippen LogP contribution in [0.5, 0.6) is 5.75 Å². The molecule has 0 fully saturated rings. The van der Waals surface area contributed by atoms with Crippen molar-refractivity contribution in [3.63, 3.8) is 0 Å². The van der Waals surface area contributed by atoms with Crippen molar-refractivity contribution in [2.24, 2.45) is 0 Å². The Morgan fingerprint density at radius 3 is 2.88 bits per heavy atom. The average Bonchev–Trinajstić information content (AvgIpc) is 2.60. The van der Waals surface area contributed by atoms with Gasteiger partial charge in [-0.3, -0.25) is 9.59 Å². The van der Waals surface area contributed by atoms with Crippen molar-refractivity contribution in [2.75, 3.05) is 16.8 Å². The zero-order valence-corrected chi connectivity index (χ0v) is 15.0. The van der Waals surface area contributed by atoms with Crippen LogP contribution >= 0.6 is 0 Å². The molecule has 0 bridgehead atoms. The van der Waals surface area contributed by atoms with Crippen molar-refractivity contribution in [2.45, 2.75) is 26.4 Å². The molecule has 1 unspecified atom stereocenters. The molecule has 2 aromatic carbocycles. The summed E-state index contributed by atoms with van der Waals surface area (Å²) in [6, 6.07) is 13.1. The molecule has 2 amide bonds. The Balaban J connectivity index is 1.79. The molecular formula is C21H22N2O3. The predicted octanol–water partition coefficient (Wildman–Crippen LogP) is 3.48. The fourth-order valence-corrected chi connectivity index (χ4v) is 3.01. The van der Waals surface area contributed by atoms with Gasteiger partial charge in [-0.05, 0) is 55.3 Å². The number of nitrogens with one attached hydrogen (secondary N) is 1. The smallest absolute Gasteiger partial charge is 0.247 e. The van der Waals surface area contributed by atoms with Gasteiger partial charge in [-0.25, -0.2) is 0 Å². The van der Waals surface area contributed by atoms with Crippen molar-refractivity contribution in [1.29, 1.82) is 0 Å². The van der Waals surface area contributed by atoms with Crippen LogP contribution in [0.2, 0.25) is 0 Å². The SMILES string of the molecule is C=CC(=O)Nc1cccc(CC(=O)N2CC(C)Oc3cc(C)ccc32)c1. The van der Waals surface area contributed by atoms with E-state index in [4.69, 9.17) is 4.74 Å². The molecular weight excluding hydrogens is 328 g/mol. The van der Waals surface area contributed by atoms with E-state index >= 15 is 0 Å². The molecule has 0 saturated carbocycles. The highest BCUT2D eigenvalue weighted by atomic mass is 16.5. The van der Waals surface area contributed by atoms with E-state index in [1.54, 1.807) is 17.0 Å². The normalized spacial score (nSPS) is 15.6. The summed E-state index contributed by atoms with van der Waals surface area (Å²) in [5.41, 5.74) is 3.38. The molecule has 0 saturated heterocycles. The molecule has 1 aliphatic rings. The lowest BCUT2D eigenvalue weighted by Gasteiger charge is -2.33. The first kappa shape index (κ1) is 17.7. The first-order chi connectivity index (χ1) is 12.5. The monoisotopic (exact) mass is 350 g/mol. The molecule has 1 aliphatic heterocycles. The molecule has 134 valence electrons. The minimum Gasteiger partial charge on any atom is -0.487 e. The van der Waals surface area contributed by atoms with Crippen LogP contribution in [-0.4, -0.2) is 24.5 Å². The molecule has 5 heteroatoms. The number of fused-ring (bicyclic) bond motifs is 1. The van der Waals surface area contributed by atoms with Gasteiger partial charge in [0.25, 0.3) is 0 Å². The van der Waals surface area contributed by atoms with Gasteiger partial charge in [0.2, 0.25) is 11.8 Å². The van der Waals surface area contributed by atoms with E-state index in [9.17, 15) is 9.59 Å². The molecule has 2 aromatic rings. The number of carbonyl (C=O) groups excluding carboxylic acids is 2. The number of ether oxygens (including phenoxy) is 1. The number of anilines is 2. The third kappa shape index (κ3) is 3.94. The standard InChI is InChI=1S/C21H22N2O3/c1-4-20(24)22-17-7-5-6-16(11-17)12-21(25)23-13-15(3)26-19-10-14(2)8-9-18(19)23/h4-11,15H,1,12-13H2,2-3H3,(H,22,24). The second-order valence-corrected chi connectivity index (χ2v) is 6.47. The van der Waals surface area contributed by atoms with Gasteiger partial charge in [0.1, 0.15) is 11.9 Å². The maximum absolute atomic E-state index is 12.9. The predicted molar refractivity (Wildman–Crippen MR) is 103 cm³/mol. The van der Waals surface area contributed by atoms with E-state index in [0.29, 0.717) is 12.2 Å². The maximum atomic E-state index is 12.9. The van der Waals surface area contributed by atoms with E-state index < -0.39 is 0 Å². The van der Waals surface area contributed by atoms with Crippen molar-refractivity contribution >= 4 is 23.2 Å². The molecule has 5 nitrogen and oxygen atoms in total. The highest BCUT2D eigenvalue weighted by Crippen LogP contribution is 2.34. The summed E-state index contributed by atoms with van der Waals surface area (Å²) in [6.07, 6.45) is 1.40. The van der Waals surface area contributed by atoms with Crippen LogP contribution < -0.4 is 15.0 Å². The van der Waals surface area contributed by atoms with Crippen molar-refractivity contribution in [3.8, 4) is 5.75 Å². The van der Waals surface area contributed by atoms with Gasteiger partial charge in [0.15, 0.2) is 0 Å². The third-order valence-electron chi connectivity index (χ3n) is 4.21. The quantitative estimate of drug-likeness (QED) is 0.859. The van der Waals surface area contributed by atoms with E-state index in [1.807, 2.05) is 44.2 Å². The topological polar surface area (TPSA) is 58.6 Å². The number of nitrogens with zero attached hydrogens (tertiary/aromatic N) is 1.